The van der Waals surface area contributed by atoms with Gasteiger partial charge in [-0.15, -0.1) is 0 Å². The molecule has 0 unspecified atom stereocenters. The first kappa shape index (κ1) is 30.0. The molecule has 0 aromatic rings. The summed E-state index contributed by atoms with van der Waals surface area (Å²) in [6, 6.07) is -4.90. The topological polar surface area (TPSA) is 188 Å². The summed E-state index contributed by atoms with van der Waals surface area (Å²) in [6.45, 7) is 8.97. The molecular formula is C23H39N5O7. The van der Waals surface area contributed by atoms with E-state index in [4.69, 9.17) is 5.73 Å². The van der Waals surface area contributed by atoms with Gasteiger partial charge in [-0.1, -0.05) is 27.7 Å². The monoisotopic (exact) mass is 497 g/mol. The summed E-state index contributed by atoms with van der Waals surface area (Å²) in [5.74, 6) is -4.04. The van der Waals surface area contributed by atoms with E-state index in [-0.39, 0.29) is 5.92 Å². The van der Waals surface area contributed by atoms with Gasteiger partial charge in [0, 0.05) is 6.54 Å². The number of aldehydes is 1. The number of carbonyl (C=O) groups excluding carboxylic acids is 5. The Morgan fingerprint density at radius 1 is 1.03 bits per heavy atom. The van der Waals surface area contributed by atoms with Gasteiger partial charge >= 0.3 is 5.97 Å². The van der Waals surface area contributed by atoms with Gasteiger partial charge < -0.3 is 36.5 Å². The Morgan fingerprint density at radius 2 is 1.66 bits per heavy atom. The molecule has 198 valence electrons. The van der Waals surface area contributed by atoms with Gasteiger partial charge in [-0.2, -0.15) is 0 Å². The highest BCUT2D eigenvalue weighted by Crippen LogP contribution is 2.21. The number of carboxylic acid groups (broad SMARTS) is 1. The minimum atomic E-state index is -1.43. The van der Waals surface area contributed by atoms with E-state index in [1.165, 1.54) is 11.8 Å². The van der Waals surface area contributed by atoms with Crippen LogP contribution < -0.4 is 21.7 Å². The first-order valence-corrected chi connectivity index (χ1v) is 11.9. The lowest BCUT2D eigenvalue weighted by atomic mass is 10.0. The zero-order valence-electron chi connectivity index (χ0n) is 21.1. The van der Waals surface area contributed by atoms with Crippen molar-refractivity contribution in [2.45, 2.75) is 90.5 Å². The van der Waals surface area contributed by atoms with Crippen LogP contribution in [0.4, 0.5) is 0 Å². The van der Waals surface area contributed by atoms with Crippen LogP contribution in [0, 0.1) is 11.8 Å². The zero-order chi connectivity index (χ0) is 26.9. The Morgan fingerprint density at radius 3 is 2.17 bits per heavy atom. The Hall–Kier alpha value is -3.02. The van der Waals surface area contributed by atoms with Crippen molar-refractivity contribution in [1.29, 1.82) is 0 Å². The number of nitrogens with zero attached hydrogens (tertiary/aromatic N) is 1. The summed E-state index contributed by atoms with van der Waals surface area (Å²) in [6.07, 6.45) is 1.22. The lowest BCUT2D eigenvalue weighted by Gasteiger charge is -2.31. The molecule has 12 nitrogen and oxygen atoms in total. The Labute approximate surface area is 205 Å². The van der Waals surface area contributed by atoms with Crippen molar-refractivity contribution in [3.8, 4) is 0 Å². The van der Waals surface area contributed by atoms with E-state index >= 15 is 0 Å². The normalized spacial score (nSPS) is 19.0. The van der Waals surface area contributed by atoms with Crippen LogP contribution in [0.3, 0.4) is 0 Å². The van der Waals surface area contributed by atoms with Crippen molar-refractivity contribution in [2.24, 2.45) is 17.6 Å². The van der Waals surface area contributed by atoms with Gasteiger partial charge in [0.05, 0.1) is 18.5 Å². The third-order valence-electron chi connectivity index (χ3n) is 5.72. The van der Waals surface area contributed by atoms with Crippen molar-refractivity contribution in [3.63, 3.8) is 0 Å². The van der Waals surface area contributed by atoms with Gasteiger partial charge in [-0.25, -0.2) is 0 Å². The molecule has 1 saturated heterocycles. The van der Waals surface area contributed by atoms with Crippen LogP contribution in [0.1, 0.15) is 60.3 Å². The van der Waals surface area contributed by atoms with E-state index < -0.39 is 72.1 Å². The predicted octanol–water partition coefficient (Wildman–Crippen LogP) is -0.845. The van der Waals surface area contributed by atoms with Gasteiger partial charge in [-0.05, 0) is 38.0 Å². The molecule has 12 heteroatoms. The number of carbonyl (C=O) groups is 6. The Bertz CT molecular complexity index is 801. The van der Waals surface area contributed by atoms with Gasteiger partial charge in [0.25, 0.3) is 0 Å². The van der Waals surface area contributed by atoms with Crippen LogP contribution >= 0.6 is 0 Å². The summed E-state index contributed by atoms with van der Waals surface area (Å²) >= 11 is 0. The minimum absolute atomic E-state index is 0.116. The summed E-state index contributed by atoms with van der Waals surface area (Å²) in [5.41, 5.74) is 5.85. The van der Waals surface area contributed by atoms with E-state index in [2.05, 4.69) is 16.0 Å². The Kier molecular flexibility index (Phi) is 11.8. The molecule has 1 heterocycles. The van der Waals surface area contributed by atoms with Gasteiger partial charge in [0.2, 0.25) is 23.6 Å². The molecule has 1 aliphatic rings. The second kappa shape index (κ2) is 13.8. The SMILES string of the molecule is CC(C)C[C@H](N)C(=O)N[C@@H](CC(=O)O)C(=O)N[C@H](C(=O)N1CCC[C@H]1C(=O)N[C@@H](C)C=O)C(C)C. The summed E-state index contributed by atoms with van der Waals surface area (Å²) in [4.78, 5) is 74.8. The van der Waals surface area contributed by atoms with Crippen molar-refractivity contribution < 1.29 is 33.9 Å². The molecule has 5 atom stereocenters. The zero-order valence-corrected chi connectivity index (χ0v) is 21.1. The first-order valence-electron chi connectivity index (χ1n) is 11.9. The first-order chi connectivity index (χ1) is 16.3. The second-order valence-electron chi connectivity index (χ2n) is 9.75. The lowest BCUT2D eigenvalue weighted by molar-refractivity contribution is -0.144. The summed E-state index contributed by atoms with van der Waals surface area (Å²) in [7, 11) is 0. The van der Waals surface area contributed by atoms with Crippen LogP contribution in [-0.4, -0.2) is 82.6 Å². The van der Waals surface area contributed by atoms with Crippen LogP contribution in [0.2, 0.25) is 0 Å². The Balaban J connectivity index is 3.00. The van der Waals surface area contributed by atoms with Crippen molar-refractivity contribution in [1.82, 2.24) is 20.9 Å². The fraction of sp³-hybridized carbons (Fsp3) is 0.739. The highest BCUT2D eigenvalue weighted by atomic mass is 16.4. The van der Waals surface area contributed by atoms with E-state index in [9.17, 15) is 33.9 Å². The van der Waals surface area contributed by atoms with E-state index in [0.717, 1.165) is 0 Å². The van der Waals surface area contributed by atoms with E-state index in [0.29, 0.717) is 32.1 Å². The molecule has 0 spiro atoms. The van der Waals surface area contributed by atoms with Crippen molar-refractivity contribution in [2.75, 3.05) is 6.54 Å². The number of likely N-dealkylation sites (tertiary alicyclic amines) is 1. The molecule has 0 radical (unpaired) electrons. The maximum atomic E-state index is 13.3. The van der Waals surface area contributed by atoms with Crippen LogP contribution in [0.5, 0.6) is 0 Å². The van der Waals surface area contributed by atoms with Gasteiger partial charge in [0.15, 0.2) is 0 Å². The largest absolute Gasteiger partial charge is 0.481 e. The third-order valence-corrected chi connectivity index (χ3v) is 5.72. The fourth-order valence-corrected chi connectivity index (χ4v) is 3.88. The second-order valence-corrected chi connectivity index (χ2v) is 9.75. The number of carboxylic acids is 1. The number of rotatable bonds is 13. The average Bonchev–Trinajstić information content (AvgIpc) is 3.25. The number of nitrogens with one attached hydrogen (secondary N) is 3. The predicted molar refractivity (Wildman–Crippen MR) is 127 cm³/mol. The van der Waals surface area contributed by atoms with Crippen molar-refractivity contribution >= 4 is 35.9 Å². The van der Waals surface area contributed by atoms with Crippen LogP contribution in [0.15, 0.2) is 0 Å². The quantitative estimate of drug-likeness (QED) is 0.203. The number of hydrogen-bond donors (Lipinski definition) is 5. The number of hydrogen-bond acceptors (Lipinski definition) is 7. The molecule has 0 aromatic carbocycles. The van der Waals surface area contributed by atoms with E-state index in [1.54, 1.807) is 13.8 Å². The molecule has 6 N–H and O–H groups in total. The molecule has 0 aliphatic carbocycles. The summed E-state index contributed by atoms with van der Waals surface area (Å²) < 4.78 is 0. The average molecular weight is 498 g/mol. The molecule has 1 fully saturated rings. The number of amides is 4. The summed E-state index contributed by atoms with van der Waals surface area (Å²) in [5, 5.41) is 16.7. The maximum absolute atomic E-state index is 13.3. The number of aliphatic carboxylic acids is 1. The molecule has 4 amide bonds. The van der Waals surface area contributed by atoms with Gasteiger partial charge in [0.1, 0.15) is 24.4 Å². The molecule has 1 aliphatic heterocycles. The van der Waals surface area contributed by atoms with Gasteiger partial charge in [-0.3, -0.25) is 24.0 Å². The highest BCUT2D eigenvalue weighted by Gasteiger charge is 2.40. The molecule has 1 rings (SSSR count). The minimum Gasteiger partial charge on any atom is -0.481 e. The standard InChI is InChI=1S/C23H39N5O7/c1-12(2)9-15(24)20(32)26-16(10-18(30)31)21(33)27-19(13(3)4)23(35)28-8-6-7-17(28)22(34)25-14(5)11-29/h11-17,19H,6-10,24H2,1-5H3,(H,25,34)(H,26,32)(H,27,33)(H,30,31)/t14-,15-,16-,17-,19-/m0/s1. The molecule has 35 heavy (non-hydrogen) atoms. The molecule has 0 bridgehead atoms. The van der Waals surface area contributed by atoms with Crippen molar-refractivity contribution in [3.05, 3.63) is 0 Å². The lowest BCUT2D eigenvalue weighted by Crippen LogP contribution is -2.59. The maximum Gasteiger partial charge on any atom is 0.305 e. The molecular weight excluding hydrogens is 458 g/mol. The van der Waals surface area contributed by atoms with E-state index in [1.807, 2.05) is 13.8 Å². The smallest absolute Gasteiger partial charge is 0.305 e. The van der Waals surface area contributed by atoms with Crippen LogP contribution in [0.25, 0.3) is 0 Å². The molecule has 0 aromatic heterocycles. The molecule has 0 saturated carbocycles. The highest BCUT2D eigenvalue weighted by molar-refractivity contribution is 5.96. The third kappa shape index (κ3) is 9.27. The number of nitrogens with two attached hydrogens (primary N) is 1. The fourth-order valence-electron chi connectivity index (χ4n) is 3.88. The van der Waals surface area contributed by atoms with Crippen LogP contribution in [-0.2, 0) is 28.8 Å².